The van der Waals surface area contributed by atoms with E-state index in [2.05, 4.69) is 12.1 Å². The maximum Gasteiger partial charge on any atom is 0.248 e. The second-order valence-electron chi connectivity index (χ2n) is 13.9. The number of carbonyl (C=O) groups is 3. The molecule has 3 N–H and O–H groups in total. The number of benzene rings is 3. The molecule has 254 valence electrons. The third kappa shape index (κ3) is 8.23. The molecule has 1 saturated carbocycles. The van der Waals surface area contributed by atoms with E-state index in [1.807, 2.05) is 85.8 Å². The Balaban J connectivity index is 1.44. The molecular formula is C40H50N4O4. The summed E-state index contributed by atoms with van der Waals surface area (Å²) in [5.74, 6) is -0.765. The average molecular weight is 651 g/mol. The number of piperidine rings is 1. The normalized spacial score (nSPS) is 18.1. The van der Waals surface area contributed by atoms with Crippen molar-refractivity contribution in [3.05, 3.63) is 108 Å². The summed E-state index contributed by atoms with van der Waals surface area (Å²) in [7, 11) is 3.34. The molecule has 1 unspecified atom stereocenters. The molecule has 1 aliphatic heterocycles. The van der Waals surface area contributed by atoms with E-state index in [0.29, 0.717) is 38.8 Å². The van der Waals surface area contributed by atoms with Gasteiger partial charge in [0.2, 0.25) is 17.7 Å². The smallest absolute Gasteiger partial charge is 0.248 e. The van der Waals surface area contributed by atoms with Crippen molar-refractivity contribution in [2.75, 3.05) is 27.2 Å². The van der Waals surface area contributed by atoms with E-state index in [4.69, 9.17) is 5.73 Å². The number of carbonyl (C=O) groups excluding carboxylic acids is 3. The third-order valence-corrected chi connectivity index (χ3v) is 10.4. The molecule has 5 rings (SSSR count). The fraction of sp³-hybridized carbons (Fsp3) is 0.425. The Hall–Kier alpha value is -4.27. The first-order valence-electron chi connectivity index (χ1n) is 17.1. The molecule has 0 bridgehead atoms. The number of likely N-dealkylation sites (N-methyl/N-ethyl adjacent to an activating group) is 2. The van der Waals surface area contributed by atoms with Gasteiger partial charge in [-0.15, -0.1) is 0 Å². The number of nitrogens with zero attached hydrogens (tertiary/aromatic N) is 3. The van der Waals surface area contributed by atoms with Crippen LogP contribution in [-0.2, 0) is 27.2 Å². The number of hydrogen-bond donors (Lipinski definition) is 2. The van der Waals surface area contributed by atoms with E-state index >= 15 is 0 Å². The molecule has 3 amide bonds. The van der Waals surface area contributed by atoms with Crippen LogP contribution >= 0.6 is 0 Å². The SMILES string of the molecule is CN(C(=O)/C=C/CC1(N)CCC1)[C@H](Cc1ccc(-c2ccccc2)cc1)C(=O)N(C)C(C)(Cc1ccccc1)C(=O)N1CCC(O)CC1. The maximum absolute atomic E-state index is 14.7. The molecule has 3 aromatic carbocycles. The van der Waals surface area contributed by atoms with Crippen molar-refractivity contribution in [2.24, 2.45) is 5.73 Å². The molecule has 0 radical (unpaired) electrons. The van der Waals surface area contributed by atoms with E-state index in [0.717, 1.165) is 41.5 Å². The summed E-state index contributed by atoms with van der Waals surface area (Å²) in [6.07, 6.45) is 8.10. The predicted octanol–water partition coefficient (Wildman–Crippen LogP) is 4.99. The number of nitrogens with two attached hydrogens (primary N) is 1. The van der Waals surface area contributed by atoms with Crippen molar-refractivity contribution < 1.29 is 19.5 Å². The van der Waals surface area contributed by atoms with Gasteiger partial charge in [-0.2, -0.15) is 0 Å². The monoisotopic (exact) mass is 650 g/mol. The van der Waals surface area contributed by atoms with Crippen molar-refractivity contribution in [3.8, 4) is 11.1 Å². The Labute approximate surface area is 285 Å². The van der Waals surface area contributed by atoms with Crippen LogP contribution in [0.2, 0.25) is 0 Å². The van der Waals surface area contributed by atoms with Gasteiger partial charge in [-0.3, -0.25) is 14.4 Å². The van der Waals surface area contributed by atoms with E-state index in [1.54, 1.807) is 23.9 Å². The largest absolute Gasteiger partial charge is 0.393 e. The molecule has 2 aliphatic rings. The molecule has 1 saturated heterocycles. The Bertz CT molecular complexity index is 1560. The Morgan fingerprint density at radius 2 is 1.50 bits per heavy atom. The number of hydrogen-bond acceptors (Lipinski definition) is 5. The summed E-state index contributed by atoms with van der Waals surface area (Å²) in [6.45, 7) is 2.67. The van der Waals surface area contributed by atoms with Crippen molar-refractivity contribution in [3.63, 3.8) is 0 Å². The second kappa shape index (κ2) is 15.3. The average Bonchev–Trinajstić information content (AvgIpc) is 3.10. The van der Waals surface area contributed by atoms with Crippen LogP contribution in [-0.4, -0.2) is 87.9 Å². The Kier molecular flexibility index (Phi) is 11.2. The number of rotatable bonds is 12. The summed E-state index contributed by atoms with van der Waals surface area (Å²) in [6, 6.07) is 27.0. The lowest BCUT2D eigenvalue weighted by atomic mass is 9.75. The van der Waals surface area contributed by atoms with E-state index in [-0.39, 0.29) is 29.7 Å². The van der Waals surface area contributed by atoms with Crippen LogP contribution in [0.25, 0.3) is 11.1 Å². The summed E-state index contributed by atoms with van der Waals surface area (Å²) in [5, 5.41) is 10.1. The fourth-order valence-electron chi connectivity index (χ4n) is 6.78. The summed E-state index contributed by atoms with van der Waals surface area (Å²) in [5.41, 5.74) is 8.90. The summed E-state index contributed by atoms with van der Waals surface area (Å²) < 4.78 is 0. The zero-order valence-corrected chi connectivity index (χ0v) is 28.6. The highest BCUT2D eigenvalue weighted by molar-refractivity contribution is 5.96. The molecule has 2 atom stereocenters. The van der Waals surface area contributed by atoms with Crippen LogP contribution in [0.5, 0.6) is 0 Å². The molecule has 1 heterocycles. The summed E-state index contributed by atoms with van der Waals surface area (Å²) >= 11 is 0. The van der Waals surface area contributed by atoms with Crippen LogP contribution in [0.4, 0.5) is 0 Å². The topological polar surface area (TPSA) is 107 Å². The minimum atomic E-state index is -1.23. The van der Waals surface area contributed by atoms with Gasteiger partial charge in [0.1, 0.15) is 11.6 Å². The molecular weight excluding hydrogens is 600 g/mol. The highest BCUT2D eigenvalue weighted by Crippen LogP contribution is 2.32. The predicted molar refractivity (Wildman–Crippen MR) is 190 cm³/mol. The lowest BCUT2D eigenvalue weighted by molar-refractivity contribution is -0.156. The van der Waals surface area contributed by atoms with Crippen molar-refractivity contribution >= 4 is 17.7 Å². The van der Waals surface area contributed by atoms with E-state index in [1.165, 1.54) is 11.0 Å². The minimum Gasteiger partial charge on any atom is -0.393 e. The Morgan fingerprint density at radius 3 is 2.08 bits per heavy atom. The lowest BCUT2D eigenvalue weighted by Crippen LogP contribution is -2.63. The highest BCUT2D eigenvalue weighted by atomic mass is 16.3. The van der Waals surface area contributed by atoms with Gasteiger partial charge in [0, 0.05) is 45.6 Å². The first-order valence-corrected chi connectivity index (χ1v) is 17.1. The van der Waals surface area contributed by atoms with Gasteiger partial charge in [-0.05, 0) is 73.8 Å². The molecule has 48 heavy (non-hydrogen) atoms. The number of amides is 3. The molecule has 1 aliphatic carbocycles. The molecule has 0 aromatic heterocycles. The maximum atomic E-state index is 14.7. The lowest BCUT2D eigenvalue weighted by Gasteiger charge is -2.44. The summed E-state index contributed by atoms with van der Waals surface area (Å²) in [4.78, 5) is 47.5. The third-order valence-electron chi connectivity index (χ3n) is 10.4. The van der Waals surface area contributed by atoms with Crippen LogP contribution in [0.1, 0.15) is 56.6 Å². The van der Waals surface area contributed by atoms with Gasteiger partial charge in [0.15, 0.2) is 0 Å². The van der Waals surface area contributed by atoms with Gasteiger partial charge in [-0.25, -0.2) is 0 Å². The van der Waals surface area contributed by atoms with Crippen LogP contribution in [0.3, 0.4) is 0 Å². The van der Waals surface area contributed by atoms with Gasteiger partial charge in [0.25, 0.3) is 0 Å². The Morgan fingerprint density at radius 1 is 0.917 bits per heavy atom. The van der Waals surface area contributed by atoms with Crippen LogP contribution < -0.4 is 5.73 Å². The van der Waals surface area contributed by atoms with E-state index < -0.39 is 17.7 Å². The second-order valence-corrected chi connectivity index (χ2v) is 13.9. The molecule has 3 aromatic rings. The first-order chi connectivity index (χ1) is 23.0. The van der Waals surface area contributed by atoms with Gasteiger partial charge in [-0.1, -0.05) is 91.0 Å². The van der Waals surface area contributed by atoms with Crippen LogP contribution in [0, 0.1) is 0 Å². The number of aliphatic hydroxyl groups excluding tert-OH is 1. The fourth-order valence-corrected chi connectivity index (χ4v) is 6.78. The molecule has 2 fully saturated rings. The first kappa shape index (κ1) is 35.0. The number of likely N-dealkylation sites (tertiary alicyclic amines) is 1. The number of aliphatic hydroxyl groups is 1. The van der Waals surface area contributed by atoms with E-state index in [9.17, 15) is 19.5 Å². The zero-order chi connectivity index (χ0) is 34.3. The van der Waals surface area contributed by atoms with Gasteiger partial charge in [0.05, 0.1) is 6.10 Å². The molecule has 0 spiro atoms. The van der Waals surface area contributed by atoms with Gasteiger partial charge < -0.3 is 25.5 Å². The van der Waals surface area contributed by atoms with Crippen molar-refractivity contribution in [2.45, 2.75) is 81.5 Å². The quantitative estimate of drug-likeness (QED) is 0.269. The standard InChI is InChI=1S/C40H50N4O4/c1-39(29-31-12-6-4-7-13-31,38(48)44-26-21-34(45)22-27-44)43(3)37(47)35(42(2)36(46)16-10-23-40(41)24-11-25-40)28-30-17-19-33(20-18-30)32-14-8-5-9-15-32/h4-10,12-20,34-35,45H,11,21-29,41H2,1-3H3/b16-10+/t35-,39?/m1/s1. The van der Waals surface area contributed by atoms with Crippen molar-refractivity contribution in [1.29, 1.82) is 0 Å². The zero-order valence-electron chi connectivity index (χ0n) is 28.6. The molecule has 8 heteroatoms. The van der Waals surface area contributed by atoms with Gasteiger partial charge >= 0.3 is 0 Å². The minimum absolute atomic E-state index is 0.164. The molecule has 8 nitrogen and oxygen atoms in total. The van der Waals surface area contributed by atoms with Crippen molar-refractivity contribution in [1.82, 2.24) is 14.7 Å². The van der Waals surface area contributed by atoms with Crippen LogP contribution in [0.15, 0.2) is 97.1 Å². The highest BCUT2D eigenvalue weighted by Gasteiger charge is 2.45.